The van der Waals surface area contributed by atoms with Crippen LogP contribution in [0.5, 0.6) is 5.75 Å². The minimum atomic E-state index is -0.958. The number of carbonyl (C=O) groups is 3. The number of benzene rings is 2. The zero-order valence-corrected chi connectivity index (χ0v) is 24.0. The number of rotatable bonds is 13. The number of guanidine groups is 1. The number of nitrogens with zero attached hydrogens (tertiary/aromatic N) is 1. The number of alkyl carbamates (subject to hydrolysis) is 1. The Morgan fingerprint density at radius 2 is 1.70 bits per heavy atom. The van der Waals surface area contributed by atoms with E-state index in [4.69, 9.17) is 14.9 Å². The molecular formula is C30H41N5O5. The third-order valence-electron chi connectivity index (χ3n) is 6.99. The van der Waals surface area contributed by atoms with Crippen LogP contribution in [0.3, 0.4) is 0 Å². The van der Waals surface area contributed by atoms with Gasteiger partial charge in [-0.1, -0.05) is 56.3 Å². The van der Waals surface area contributed by atoms with E-state index in [1.165, 1.54) is 12.0 Å². The second-order valence-corrected chi connectivity index (χ2v) is 10.6. The van der Waals surface area contributed by atoms with Gasteiger partial charge in [-0.25, -0.2) is 4.79 Å². The molecule has 1 saturated heterocycles. The smallest absolute Gasteiger partial charge is 0.407 e. The van der Waals surface area contributed by atoms with Crippen LogP contribution in [0, 0.1) is 11.3 Å². The van der Waals surface area contributed by atoms with Gasteiger partial charge < -0.3 is 25.4 Å². The molecule has 4 N–H and O–H groups in total. The second kappa shape index (κ2) is 13.8. The van der Waals surface area contributed by atoms with Crippen LogP contribution in [0.2, 0.25) is 0 Å². The Kier molecular flexibility index (Phi) is 10.5. The van der Waals surface area contributed by atoms with Crippen molar-refractivity contribution in [3.8, 4) is 5.75 Å². The number of amides is 3. The van der Waals surface area contributed by atoms with Crippen molar-refractivity contribution < 1.29 is 23.9 Å². The first-order valence-corrected chi connectivity index (χ1v) is 13.6. The van der Waals surface area contributed by atoms with Crippen LogP contribution in [-0.2, 0) is 26.3 Å². The molecule has 3 amide bonds. The molecule has 216 valence electrons. The van der Waals surface area contributed by atoms with Gasteiger partial charge in [0.05, 0.1) is 14.2 Å². The molecule has 3 atom stereocenters. The molecule has 1 aliphatic rings. The van der Waals surface area contributed by atoms with Crippen LogP contribution in [0.25, 0.3) is 0 Å². The molecule has 0 bridgehead atoms. The molecule has 1 fully saturated rings. The lowest BCUT2D eigenvalue weighted by Crippen LogP contribution is -2.50. The van der Waals surface area contributed by atoms with Crippen LogP contribution >= 0.6 is 0 Å². The quantitative estimate of drug-likeness (QED) is 0.301. The lowest BCUT2D eigenvalue weighted by molar-refractivity contribution is -0.132. The fourth-order valence-corrected chi connectivity index (χ4v) is 5.03. The average Bonchev–Trinajstić information content (AvgIpc) is 3.17. The molecular weight excluding hydrogens is 510 g/mol. The van der Waals surface area contributed by atoms with Gasteiger partial charge in [-0.05, 0) is 55.4 Å². The number of ether oxygens (including phenoxy) is 2. The van der Waals surface area contributed by atoms with E-state index < -0.39 is 17.7 Å². The molecule has 0 aliphatic carbocycles. The molecule has 1 heterocycles. The summed E-state index contributed by atoms with van der Waals surface area (Å²) in [7, 11) is 2.83. The summed E-state index contributed by atoms with van der Waals surface area (Å²) >= 11 is 0. The standard InChI is InChI=1S/C30H41N5O5/c1-20(2)19-30(23-11-7-6-8-12-23)27(37)35(28(31)34-30)17-9-10-21(3)32-26(36)25(33-29(38)40-5)18-22-13-15-24(39-4)16-14-22/h6-8,11-16,20-21,25H,9-10,17-19H2,1-5H3,(H2,31,34)(H,32,36)(H,33,38)/t21-,25-,30+/m0/s1. The monoisotopic (exact) mass is 551 g/mol. The van der Waals surface area contributed by atoms with Crippen LogP contribution in [-0.4, -0.2) is 61.6 Å². The van der Waals surface area contributed by atoms with Gasteiger partial charge in [0.1, 0.15) is 17.3 Å². The van der Waals surface area contributed by atoms with E-state index in [1.807, 2.05) is 49.4 Å². The first-order chi connectivity index (χ1) is 19.1. The summed E-state index contributed by atoms with van der Waals surface area (Å²) in [6, 6.07) is 15.8. The van der Waals surface area contributed by atoms with Gasteiger partial charge >= 0.3 is 6.09 Å². The molecule has 10 heteroatoms. The van der Waals surface area contributed by atoms with E-state index in [0.717, 1.165) is 11.1 Å². The summed E-state index contributed by atoms with van der Waals surface area (Å²) in [5.74, 6) is 0.567. The highest BCUT2D eigenvalue weighted by atomic mass is 16.5. The largest absolute Gasteiger partial charge is 0.497 e. The molecule has 0 spiro atoms. The lowest BCUT2D eigenvalue weighted by Gasteiger charge is -2.29. The highest BCUT2D eigenvalue weighted by Crippen LogP contribution is 2.35. The number of nitrogens with one attached hydrogen (secondary N) is 4. The number of methoxy groups -OCH3 is 2. The molecule has 2 aromatic rings. The maximum atomic E-state index is 13.7. The van der Waals surface area contributed by atoms with E-state index in [-0.39, 0.29) is 36.2 Å². The third kappa shape index (κ3) is 7.52. The van der Waals surface area contributed by atoms with Crippen molar-refractivity contribution in [2.75, 3.05) is 20.8 Å². The molecule has 0 radical (unpaired) electrons. The van der Waals surface area contributed by atoms with E-state index >= 15 is 0 Å². The van der Waals surface area contributed by atoms with E-state index in [0.29, 0.717) is 31.6 Å². The van der Waals surface area contributed by atoms with Crippen LogP contribution in [0.4, 0.5) is 4.79 Å². The number of hydrogen-bond acceptors (Lipinski definition) is 6. The number of hydrogen-bond donors (Lipinski definition) is 4. The first kappa shape index (κ1) is 30.5. The average molecular weight is 552 g/mol. The molecule has 0 aromatic heterocycles. The van der Waals surface area contributed by atoms with E-state index in [2.05, 4.69) is 29.8 Å². The summed E-state index contributed by atoms with van der Waals surface area (Å²) in [5, 5.41) is 17.3. The minimum absolute atomic E-state index is 0.0908. The van der Waals surface area contributed by atoms with Crippen molar-refractivity contribution in [3.05, 3.63) is 65.7 Å². The molecule has 3 rings (SSSR count). The normalized spacial score (nSPS) is 18.2. The van der Waals surface area contributed by atoms with E-state index in [1.54, 1.807) is 19.2 Å². The maximum Gasteiger partial charge on any atom is 0.407 e. The first-order valence-electron chi connectivity index (χ1n) is 13.6. The van der Waals surface area contributed by atoms with Gasteiger partial charge in [0.15, 0.2) is 5.96 Å². The fourth-order valence-electron chi connectivity index (χ4n) is 5.03. The van der Waals surface area contributed by atoms with Crippen LogP contribution < -0.4 is 20.7 Å². The Morgan fingerprint density at radius 3 is 2.30 bits per heavy atom. The van der Waals surface area contributed by atoms with Gasteiger partial charge in [-0.3, -0.25) is 19.9 Å². The van der Waals surface area contributed by atoms with Gasteiger partial charge in [0.25, 0.3) is 5.91 Å². The predicted octanol–water partition coefficient (Wildman–Crippen LogP) is 3.56. The molecule has 2 aromatic carbocycles. The topological polar surface area (TPSA) is 133 Å². The lowest BCUT2D eigenvalue weighted by atomic mass is 9.82. The number of carbonyl (C=O) groups excluding carboxylic acids is 3. The van der Waals surface area contributed by atoms with Crippen molar-refractivity contribution in [2.45, 2.75) is 64.1 Å². The van der Waals surface area contributed by atoms with Gasteiger partial charge in [-0.2, -0.15) is 0 Å². The van der Waals surface area contributed by atoms with Crippen molar-refractivity contribution in [1.82, 2.24) is 20.9 Å². The Labute approximate surface area is 236 Å². The molecule has 10 nitrogen and oxygen atoms in total. The summed E-state index contributed by atoms with van der Waals surface area (Å²) in [4.78, 5) is 40.1. The summed E-state index contributed by atoms with van der Waals surface area (Å²) in [6.07, 6.45) is 1.32. The van der Waals surface area contributed by atoms with Crippen molar-refractivity contribution in [1.29, 1.82) is 5.41 Å². The fraction of sp³-hybridized carbons (Fsp3) is 0.467. The van der Waals surface area contributed by atoms with Crippen molar-refractivity contribution in [3.63, 3.8) is 0 Å². The Bertz CT molecular complexity index is 1170. The highest BCUT2D eigenvalue weighted by Gasteiger charge is 2.50. The van der Waals surface area contributed by atoms with Gasteiger partial charge in [-0.15, -0.1) is 0 Å². The Hall–Kier alpha value is -4.08. The van der Waals surface area contributed by atoms with Gasteiger partial charge in [0.2, 0.25) is 5.91 Å². The van der Waals surface area contributed by atoms with Crippen LogP contribution in [0.1, 0.15) is 51.2 Å². The molecule has 40 heavy (non-hydrogen) atoms. The third-order valence-corrected chi connectivity index (χ3v) is 6.99. The van der Waals surface area contributed by atoms with Crippen molar-refractivity contribution >= 4 is 23.9 Å². The molecule has 1 aliphatic heterocycles. The van der Waals surface area contributed by atoms with Crippen molar-refractivity contribution in [2.24, 2.45) is 5.92 Å². The zero-order valence-electron chi connectivity index (χ0n) is 24.0. The predicted molar refractivity (Wildman–Crippen MR) is 153 cm³/mol. The van der Waals surface area contributed by atoms with Gasteiger partial charge in [0, 0.05) is 19.0 Å². The maximum absolute atomic E-state index is 13.7. The Balaban J connectivity index is 1.59. The second-order valence-electron chi connectivity index (χ2n) is 10.6. The van der Waals surface area contributed by atoms with Crippen LogP contribution in [0.15, 0.2) is 54.6 Å². The van der Waals surface area contributed by atoms with E-state index in [9.17, 15) is 14.4 Å². The SMILES string of the molecule is COC(=O)N[C@@H](Cc1ccc(OC)cc1)C(=O)N[C@@H](C)CCCN1C(=N)N[C@](CC(C)C)(c2ccccc2)C1=O. The molecule has 0 unspecified atom stereocenters. The summed E-state index contributed by atoms with van der Waals surface area (Å²) in [6.45, 7) is 6.36. The molecule has 0 saturated carbocycles. The summed E-state index contributed by atoms with van der Waals surface area (Å²) in [5.41, 5.74) is 0.745. The highest BCUT2D eigenvalue weighted by molar-refractivity contribution is 6.08. The zero-order chi connectivity index (χ0) is 29.3. The minimum Gasteiger partial charge on any atom is -0.497 e. The summed E-state index contributed by atoms with van der Waals surface area (Å²) < 4.78 is 9.89. The Morgan fingerprint density at radius 1 is 1.02 bits per heavy atom.